The molecule has 0 bridgehead atoms. The highest BCUT2D eigenvalue weighted by Crippen LogP contribution is 2.44. The van der Waals surface area contributed by atoms with Crippen molar-refractivity contribution in [3.63, 3.8) is 0 Å². The van der Waals surface area contributed by atoms with E-state index < -0.39 is 0 Å². The van der Waals surface area contributed by atoms with Crippen molar-refractivity contribution in [2.75, 3.05) is 14.1 Å². The van der Waals surface area contributed by atoms with E-state index in [1.54, 1.807) is 0 Å². The molecule has 1 saturated carbocycles. The highest BCUT2D eigenvalue weighted by molar-refractivity contribution is 6.01. The molecule has 1 aromatic rings. The molecular weight excluding hydrogens is 272 g/mol. The molecule has 0 radical (unpaired) electrons. The van der Waals surface area contributed by atoms with Crippen LogP contribution in [0.3, 0.4) is 0 Å². The van der Waals surface area contributed by atoms with E-state index in [1.807, 2.05) is 64.2 Å². The van der Waals surface area contributed by atoms with Crippen LogP contribution in [0.15, 0.2) is 30.0 Å². The molecule has 0 aromatic heterocycles. The summed E-state index contributed by atoms with van der Waals surface area (Å²) in [5.74, 6) is 0.358. The molecule has 22 heavy (non-hydrogen) atoms. The van der Waals surface area contributed by atoms with Crippen LogP contribution in [0.25, 0.3) is 0 Å². The topological polar surface area (TPSA) is 44.1 Å². The molecule has 0 N–H and O–H groups in total. The van der Waals surface area contributed by atoms with Gasteiger partial charge in [0.2, 0.25) is 0 Å². The average molecular weight is 296 g/mol. The van der Waals surface area contributed by atoms with Crippen LogP contribution < -0.4 is 0 Å². The van der Waals surface area contributed by atoms with Gasteiger partial charge in [0.15, 0.2) is 5.78 Å². The van der Waals surface area contributed by atoms with Gasteiger partial charge < -0.3 is 4.90 Å². The van der Waals surface area contributed by atoms with Crippen LogP contribution in [0.4, 0.5) is 0 Å². The molecular formula is C19H24N2O. The van der Waals surface area contributed by atoms with Gasteiger partial charge in [0, 0.05) is 37.2 Å². The number of carbonyl (C=O) groups is 1. The molecule has 1 aromatic carbocycles. The molecule has 1 aliphatic carbocycles. The quantitative estimate of drug-likeness (QED) is 0.780. The third-order valence-electron chi connectivity index (χ3n) is 4.48. The minimum absolute atomic E-state index is 0.121. The fourth-order valence-electron chi connectivity index (χ4n) is 3.21. The Bertz CT molecular complexity index is 663. The lowest BCUT2D eigenvalue weighted by molar-refractivity contribution is -0.125. The largest absolute Gasteiger partial charge is 0.383 e. The lowest BCUT2D eigenvalue weighted by Crippen LogP contribution is -2.34. The van der Waals surface area contributed by atoms with Crippen LogP contribution in [0.5, 0.6) is 0 Å². The first-order valence-corrected chi connectivity index (χ1v) is 7.70. The summed E-state index contributed by atoms with van der Waals surface area (Å²) in [5, 5.41) is 9.02. The highest BCUT2D eigenvalue weighted by Gasteiger charge is 2.39. The summed E-state index contributed by atoms with van der Waals surface area (Å²) in [6.45, 7) is 6.08. The first kappa shape index (κ1) is 16.3. The second-order valence-corrected chi connectivity index (χ2v) is 7.04. The number of rotatable bonds is 2. The van der Waals surface area contributed by atoms with Crippen LogP contribution in [0.2, 0.25) is 0 Å². The van der Waals surface area contributed by atoms with Crippen molar-refractivity contribution >= 4 is 5.78 Å². The van der Waals surface area contributed by atoms with Crippen LogP contribution in [0, 0.1) is 23.7 Å². The molecule has 3 heteroatoms. The normalized spacial score (nSPS) is 22.5. The van der Waals surface area contributed by atoms with Crippen LogP contribution in [0.1, 0.15) is 49.3 Å². The smallest absolute Gasteiger partial charge is 0.166 e. The number of carbonyl (C=O) groups excluding carboxylic acids is 1. The molecule has 1 atom stereocenters. The third kappa shape index (κ3) is 3.06. The highest BCUT2D eigenvalue weighted by atomic mass is 16.1. The van der Waals surface area contributed by atoms with Gasteiger partial charge >= 0.3 is 0 Å². The fourth-order valence-corrected chi connectivity index (χ4v) is 3.21. The van der Waals surface area contributed by atoms with Gasteiger partial charge in [-0.1, -0.05) is 19.9 Å². The van der Waals surface area contributed by atoms with Gasteiger partial charge in [-0.25, -0.2) is 0 Å². The number of allylic oxidation sites excluding steroid dienone is 1. The molecule has 0 saturated heterocycles. The van der Waals surface area contributed by atoms with Crippen molar-refractivity contribution in [3.05, 3.63) is 46.7 Å². The van der Waals surface area contributed by atoms with Crippen molar-refractivity contribution < 1.29 is 4.79 Å². The Morgan fingerprint density at radius 3 is 2.59 bits per heavy atom. The molecule has 0 aliphatic heterocycles. The van der Waals surface area contributed by atoms with Crippen LogP contribution in [-0.4, -0.2) is 24.8 Å². The zero-order valence-electron chi connectivity index (χ0n) is 14.1. The van der Waals surface area contributed by atoms with Crippen molar-refractivity contribution in [1.29, 1.82) is 5.26 Å². The van der Waals surface area contributed by atoms with Crippen LogP contribution >= 0.6 is 0 Å². The summed E-state index contributed by atoms with van der Waals surface area (Å²) < 4.78 is 0. The van der Waals surface area contributed by atoms with Gasteiger partial charge in [-0.05, 0) is 43.0 Å². The van der Waals surface area contributed by atoms with E-state index >= 15 is 0 Å². The zero-order valence-corrected chi connectivity index (χ0v) is 14.1. The van der Waals surface area contributed by atoms with Gasteiger partial charge in [-0.2, -0.15) is 5.26 Å². The lowest BCUT2D eigenvalue weighted by atomic mass is 9.67. The number of aryl methyl sites for hydroxylation is 1. The lowest BCUT2D eigenvalue weighted by Gasteiger charge is -2.36. The number of nitrogens with zero attached hydrogens (tertiary/aromatic N) is 2. The first-order chi connectivity index (χ1) is 10.3. The predicted octanol–water partition coefficient (Wildman–Crippen LogP) is 3.78. The van der Waals surface area contributed by atoms with Crippen LogP contribution in [-0.2, 0) is 4.79 Å². The number of ketones is 1. The standard InChI is InChI=1S/C19H24N2O/c1-13-10-14(11-20)6-7-15(13)16-8-9-19(2,3)18(22)17(16)12-21(4)5/h6-7,10,12,16H,8-9H2,1-5H3. The van der Waals surface area contributed by atoms with Gasteiger partial charge in [-0.3, -0.25) is 4.79 Å². The zero-order chi connectivity index (χ0) is 16.5. The summed E-state index contributed by atoms with van der Waals surface area (Å²) >= 11 is 0. The summed E-state index contributed by atoms with van der Waals surface area (Å²) in [4.78, 5) is 14.8. The van der Waals surface area contributed by atoms with Gasteiger partial charge in [0.1, 0.15) is 0 Å². The number of nitriles is 1. The van der Waals surface area contributed by atoms with Gasteiger partial charge in [0.25, 0.3) is 0 Å². The Labute approximate surface area is 133 Å². The van der Waals surface area contributed by atoms with E-state index in [9.17, 15) is 4.79 Å². The van der Waals surface area contributed by atoms with Crippen molar-refractivity contribution in [2.45, 2.75) is 39.5 Å². The molecule has 0 heterocycles. The van der Waals surface area contributed by atoms with E-state index in [1.165, 1.54) is 0 Å². The number of benzene rings is 1. The second-order valence-electron chi connectivity index (χ2n) is 7.04. The Kier molecular flexibility index (Phi) is 4.42. The monoisotopic (exact) mass is 296 g/mol. The minimum Gasteiger partial charge on any atom is -0.383 e. The third-order valence-corrected chi connectivity index (χ3v) is 4.48. The number of Topliss-reactive ketones (excluding diaryl/α,β-unsaturated/α-hetero) is 1. The van der Waals surface area contributed by atoms with E-state index in [0.717, 1.165) is 29.5 Å². The van der Waals surface area contributed by atoms with E-state index in [4.69, 9.17) is 5.26 Å². The Morgan fingerprint density at radius 1 is 1.36 bits per heavy atom. The molecule has 116 valence electrons. The summed E-state index contributed by atoms with van der Waals surface area (Å²) in [6, 6.07) is 7.94. The molecule has 2 rings (SSSR count). The summed E-state index contributed by atoms with van der Waals surface area (Å²) in [6.07, 6.45) is 3.82. The molecule has 3 nitrogen and oxygen atoms in total. The minimum atomic E-state index is -0.293. The number of hydrogen-bond donors (Lipinski definition) is 0. The SMILES string of the molecule is Cc1cc(C#N)ccc1C1CCC(C)(C)C(=O)C1=CN(C)C. The molecule has 1 unspecified atom stereocenters. The van der Waals surface area contributed by atoms with E-state index in [0.29, 0.717) is 5.56 Å². The summed E-state index contributed by atoms with van der Waals surface area (Å²) in [5.41, 5.74) is 3.51. The van der Waals surface area contributed by atoms with Crippen molar-refractivity contribution in [3.8, 4) is 6.07 Å². The Balaban J connectivity index is 2.49. The predicted molar refractivity (Wildman–Crippen MR) is 88.4 cm³/mol. The Hall–Kier alpha value is -2.08. The van der Waals surface area contributed by atoms with Crippen molar-refractivity contribution in [1.82, 2.24) is 4.90 Å². The van der Waals surface area contributed by atoms with Gasteiger partial charge in [-0.15, -0.1) is 0 Å². The molecule has 1 fully saturated rings. The van der Waals surface area contributed by atoms with E-state index in [-0.39, 0.29) is 17.1 Å². The van der Waals surface area contributed by atoms with Crippen molar-refractivity contribution in [2.24, 2.45) is 5.41 Å². The maximum atomic E-state index is 12.9. The Morgan fingerprint density at radius 2 is 2.05 bits per heavy atom. The fraction of sp³-hybridized carbons (Fsp3) is 0.474. The maximum Gasteiger partial charge on any atom is 0.166 e. The maximum absolute atomic E-state index is 12.9. The first-order valence-electron chi connectivity index (χ1n) is 7.70. The molecule has 1 aliphatic rings. The van der Waals surface area contributed by atoms with E-state index in [2.05, 4.69) is 6.07 Å². The average Bonchev–Trinajstić information content (AvgIpc) is 2.44. The summed E-state index contributed by atoms with van der Waals surface area (Å²) in [7, 11) is 3.90. The molecule has 0 amide bonds. The molecule has 0 spiro atoms. The second kappa shape index (κ2) is 5.96. The number of hydrogen-bond acceptors (Lipinski definition) is 3. The van der Waals surface area contributed by atoms with Gasteiger partial charge in [0.05, 0.1) is 11.6 Å².